The number of rotatable bonds is 2. The van der Waals surface area contributed by atoms with Gasteiger partial charge in [-0.25, -0.2) is 8.42 Å². The summed E-state index contributed by atoms with van der Waals surface area (Å²) >= 11 is 0. The summed E-state index contributed by atoms with van der Waals surface area (Å²) in [5, 5.41) is 3.01. The molecule has 1 fully saturated rings. The molecule has 0 aromatic carbocycles. The SMILES string of the molecule is CC(C1CCCCN1)S(C)(=O)=O. The lowest BCUT2D eigenvalue weighted by molar-refractivity contribution is 0.391. The largest absolute Gasteiger partial charge is 0.313 e. The molecule has 2 unspecified atom stereocenters. The third-order valence-corrected chi connectivity index (χ3v) is 4.27. The van der Waals surface area contributed by atoms with Gasteiger partial charge in [0.25, 0.3) is 0 Å². The van der Waals surface area contributed by atoms with Gasteiger partial charge in [-0.15, -0.1) is 0 Å². The van der Waals surface area contributed by atoms with Crippen molar-refractivity contribution in [1.29, 1.82) is 0 Å². The fraction of sp³-hybridized carbons (Fsp3) is 1.00. The van der Waals surface area contributed by atoms with E-state index in [9.17, 15) is 8.42 Å². The lowest BCUT2D eigenvalue weighted by Gasteiger charge is -2.27. The van der Waals surface area contributed by atoms with Crippen molar-refractivity contribution in [2.75, 3.05) is 12.8 Å². The third-order valence-electron chi connectivity index (χ3n) is 2.59. The molecule has 0 aromatic rings. The van der Waals surface area contributed by atoms with Gasteiger partial charge in [-0.2, -0.15) is 0 Å². The molecule has 0 aromatic heterocycles. The molecule has 4 heteroatoms. The number of piperidine rings is 1. The molecule has 1 heterocycles. The lowest BCUT2D eigenvalue weighted by atomic mass is 10.0. The smallest absolute Gasteiger partial charge is 0.151 e. The average Bonchev–Trinajstić information content (AvgIpc) is 2.03. The first-order chi connectivity index (χ1) is 5.52. The molecule has 0 spiro atoms. The van der Waals surface area contributed by atoms with Gasteiger partial charge in [0.2, 0.25) is 0 Å². The first kappa shape index (κ1) is 9.99. The molecule has 0 aliphatic carbocycles. The molecule has 0 radical (unpaired) electrons. The molecule has 1 aliphatic rings. The zero-order chi connectivity index (χ0) is 9.19. The topological polar surface area (TPSA) is 46.2 Å². The Balaban J connectivity index is 2.57. The Labute approximate surface area is 74.5 Å². The standard InChI is InChI=1S/C8H17NO2S/c1-7(12(2,10)11)8-5-3-4-6-9-8/h7-9H,3-6H2,1-2H3. The van der Waals surface area contributed by atoms with Crippen molar-refractivity contribution in [1.82, 2.24) is 5.32 Å². The number of hydrogen-bond donors (Lipinski definition) is 1. The second-order valence-electron chi connectivity index (χ2n) is 3.59. The molecular weight excluding hydrogens is 174 g/mol. The molecule has 1 N–H and O–H groups in total. The zero-order valence-corrected chi connectivity index (χ0v) is 8.52. The van der Waals surface area contributed by atoms with Crippen LogP contribution in [0.2, 0.25) is 0 Å². The maximum absolute atomic E-state index is 11.2. The third kappa shape index (κ3) is 2.45. The van der Waals surface area contributed by atoms with Gasteiger partial charge in [0.05, 0.1) is 5.25 Å². The number of nitrogens with one attached hydrogen (secondary N) is 1. The summed E-state index contributed by atoms with van der Waals surface area (Å²) in [4.78, 5) is 0. The first-order valence-electron chi connectivity index (χ1n) is 4.44. The maximum atomic E-state index is 11.2. The van der Waals surface area contributed by atoms with E-state index in [0.717, 1.165) is 19.4 Å². The van der Waals surface area contributed by atoms with E-state index >= 15 is 0 Å². The van der Waals surface area contributed by atoms with Crippen LogP contribution in [0.5, 0.6) is 0 Å². The molecule has 72 valence electrons. The van der Waals surface area contributed by atoms with E-state index in [-0.39, 0.29) is 11.3 Å². The minimum Gasteiger partial charge on any atom is -0.313 e. The van der Waals surface area contributed by atoms with Gasteiger partial charge in [0, 0.05) is 12.3 Å². The summed E-state index contributed by atoms with van der Waals surface area (Å²) in [6, 6.07) is 0.175. The van der Waals surface area contributed by atoms with Crippen molar-refractivity contribution in [2.24, 2.45) is 0 Å². The van der Waals surface area contributed by atoms with Crippen LogP contribution >= 0.6 is 0 Å². The van der Waals surface area contributed by atoms with Crippen molar-refractivity contribution >= 4 is 9.84 Å². The summed E-state index contributed by atoms with van der Waals surface area (Å²) in [5.41, 5.74) is 0. The van der Waals surface area contributed by atoms with Gasteiger partial charge in [-0.05, 0) is 26.3 Å². The molecule has 3 nitrogen and oxygen atoms in total. The Morgan fingerprint density at radius 2 is 2.08 bits per heavy atom. The minimum atomic E-state index is -2.86. The van der Waals surface area contributed by atoms with Crippen LogP contribution in [0.3, 0.4) is 0 Å². The molecule has 0 amide bonds. The predicted octanol–water partition coefficient (Wildman–Crippen LogP) is 0.562. The van der Waals surface area contributed by atoms with E-state index in [1.54, 1.807) is 6.92 Å². The Bertz CT molecular complexity index is 229. The van der Waals surface area contributed by atoms with Crippen molar-refractivity contribution in [3.05, 3.63) is 0 Å². The molecule has 0 saturated carbocycles. The molecule has 12 heavy (non-hydrogen) atoms. The van der Waals surface area contributed by atoms with Crippen LogP contribution < -0.4 is 5.32 Å². The maximum Gasteiger partial charge on any atom is 0.151 e. The van der Waals surface area contributed by atoms with E-state index in [1.807, 2.05) is 0 Å². The van der Waals surface area contributed by atoms with E-state index < -0.39 is 9.84 Å². The molecule has 2 atom stereocenters. The lowest BCUT2D eigenvalue weighted by Crippen LogP contribution is -2.44. The summed E-state index contributed by atoms with van der Waals surface area (Å²) in [5.74, 6) is 0. The van der Waals surface area contributed by atoms with Crippen LogP contribution in [0.25, 0.3) is 0 Å². The van der Waals surface area contributed by atoms with Crippen LogP contribution in [0.15, 0.2) is 0 Å². The molecule has 0 bridgehead atoms. The van der Waals surface area contributed by atoms with E-state index in [2.05, 4.69) is 5.32 Å². The molecule has 1 rings (SSSR count). The van der Waals surface area contributed by atoms with E-state index in [1.165, 1.54) is 12.7 Å². The summed E-state index contributed by atoms with van der Waals surface area (Å²) in [6.07, 6.45) is 4.63. The normalized spacial score (nSPS) is 28.3. The summed E-state index contributed by atoms with van der Waals surface area (Å²) in [7, 11) is -2.86. The van der Waals surface area contributed by atoms with Crippen molar-refractivity contribution in [3.8, 4) is 0 Å². The van der Waals surface area contributed by atoms with Gasteiger partial charge in [-0.1, -0.05) is 6.42 Å². The highest BCUT2D eigenvalue weighted by Crippen LogP contribution is 2.14. The van der Waals surface area contributed by atoms with Crippen molar-refractivity contribution in [2.45, 2.75) is 37.5 Å². The first-order valence-corrected chi connectivity index (χ1v) is 6.39. The highest BCUT2D eigenvalue weighted by molar-refractivity contribution is 7.91. The fourth-order valence-corrected chi connectivity index (χ4v) is 2.41. The Morgan fingerprint density at radius 3 is 2.50 bits per heavy atom. The quantitative estimate of drug-likeness (QED) is 0.694. The second-order valence-corrected chi connectivity index (χ2v) is 5.99. The Kier molecular flexibility index (Phi) is 3.12. The van der Waals surface area contributed by atoms with Gasteiger partial charge in [0.15, 0.2) is 9.84 Å². The van der Waals surface area contributed by atoms with Crippen LogP contribution in [0.4, 0.5) is 0 Å². The van der Waals surface area contributed by atoms with Gasteiger partial charge >= 0.3 is 0 Å². The summed E-state index contributed by atoms with van der Waals surface area (Å²) < 4.78 is 22.4. The van der Waals surface area contributed by atoms with Crippen molar-refractivity contribution in [3.63, 3.8) is 0 Å². The van der Waals surface area contributed by atoms with Crippen LogP contribution in [-0.4, -0.2) is 32.5 Å². The average molecular weight is 191 g/mol. The Hall–Kier alpha value is -0.0900. The van der Waals surface area contributed by atoms with Gasteiger partial charge in [-0.3, -0.25) is 0 Å². The van der Waals surface area contributed by atoms with Crippen molar-refractivity contribution < 1.29 is 8.42 Å². The van der Waals surface area contributed by atoms with E-state index in [0.29, 0.717) is 0 Å². The molecule has 1 saturated heterocycles. The Morgan fingerprint density at radius 1 is 1.42 bits per heavy atom. The van der Waals surface area contributed by atoms with Gasteiger partial charge in [0.1, 0.15) is 0 Å². The van der Waals surface area contributed by atoms with E-state index in [4.69, 9.17) is 0 Å². The highest BCUT2D eigenvalue weighted by Gasteiger charge is 2.26. The summed E-state index contributed by atoms with van der Waals surface area (Å²) in [6.45, 7) is 2.75. The fourth-order valence-electron chi connectivity index (χ4n) is 1.58. The van der Waals surface area contributed by atoms with Crippen LogP contribution in [0.1, 0.15) is 26.2 Å². The predicted molar refractivity (Wildman–Crippen MR) is 49.9 cm³/mol. The van der Waals surface area contributed by atoms with Crippen LogP contribution in [-0.2, 0) is 9.84 Å². The highest BCUT2D eigenvalue weighted by atomic mass is 32.2. The van der Waals surface area contributed by atoms with Crippen LogP contribution in [0, 0.1) is 0 Å². The zero-order valence-electron chi connectivity index (χ0n) is 7.71. The van der Waals surface area contributed by atoms with Gasteiger partial charge < -0.3 is 5.32 Å². The second kappa shape index (κ2) is 3.75. The monoisotopic (exact) mass is 191 g/mol. The molecule has 1 aliphatic heterocycles. The number of hydrogen-bond acceptors (Lipinski definition) is 3. The molecular formula is C8H17NO2S. The minimum absolute atomic E-state index is 0.175. The number of sulfone groups is 1.